The summed E-state index contributed by atoms with van der Waals surface area (Å²) in [5, 5.41) is 0.128. The van der Waals surface area contributed by atoms with Crippen LogP contribution in [0.3, 0.4) is 0 Å². The molecule has 1 heterocycles. The molecular weight excluding hydrogens is 214 g/mol. The van der Waals surface area contributed by atoms with Crippen LogP contribution < -0.4 is 0 Å². The molecule has 0 saturated carbocycles. The van der Waals surface area contributed by atoms with E-state index in [2.05, 4.69) is 16.5 Å². The van der Waals surface area contributed by atoms with Gasteiger partial charge in [-0.2, -0.15) is 4.31 Å². The summed E-state index contributed by atoms with van der Waals surface area (Å²) in [4.78, 5) is 6.59. The van der Waals surface area contributed by atoms with Crippen molar-refractivity contribution in [3.05, 3.63) is 24.7 Å². The van der Waals surface area contributed by atoms with E-state index in [0.29, 0.717) is 18.9 Å². The van der Waals surface area contributed by atoms with Crippen molar-refractivity contribution in [2.45, 2.75) is 18.9 Å². The van der Waals surface area contributed by atoms with Gasteiger partial charge in [0.1, 0.15) is 5.82 Å². The van der Waals surface area contributed by atoms with E-state index in [-0.39, 0.29) is 5.03 Å². The zero-order valence-electron chi connectivity index (χ0n) is 8.90. The molecule has 5 nitrogen and oxygen atoms in total. The molecule has 0 aliphatic rings. The number of hydrogen-bond donors (Lipinski definition) is 1. The average molecular weight is 229 g/mol. The molecule has 1 aromatic heterocycles. The molecule has 0 unspecified atom stereocenters. The normalized spacial score (nSPS) is 11.9. The Labute approximate surface area is 89.9 Å². The van der Waals surface area contributed by atoms with Gasteiger partial charge in [-0.1, -0.05) is 13.0 Å². The van der Waals surface area contributed by atoms with Gasteiger partial charge in [-0.05, 0) is 6.92 Å². The van der Waals surface area contributed by atoms with Crippen LogP contribution >= 0.6 is 0 Å². The molecule has 84 valence electrons. The standard InChI is InChI=1S/C9H15N3O2S/c1-4-6-12(5-2)15(13,14)9-7-10-8(3)11-9/h4,7H,1,5-6H2,2-3H3,(H,10,11). The molecule has 0 aliphatic heterocycles. The Morgan fingerprint density at radius 1 is 1.67 bits per heavy atom. The van der Waals surface area contributed by atoms with Crippen LogP contribution in [0.2, 0.25) is 0 Å². The predicted octanol–water partition coefficient (Wildman–Crippen LogP) is 0.915. The zero-order chi connectivity index (χ0) is 11.5. The predicted molar refractivity (Wildman–Crippen MR) is 58.0 cm³/mol. The van der Waals surface area contributed by atoms with E-state index in [0.717, 1.165) is 0 Å². The maximum absolute atomic E-state index is 12.0. The Morgan fingerprint density at radius 3 is 2.73 bits per heavy atom. The lowest BCUT2D eigenvalue weighted by molar-refractivity contribution is 0.457. The molecule has 0 amide bonds. The van der Waals surface area contributed by atoms with Crippen molar-refractivity contribution in [1.82, 2.24) is 14.3 Å². The first kappa shape index (κ1) is 11.9. The molecule has 1 rings (SSSR count). The Kier molecular flexibility index (Phi) is 3.65. The Bertz CT molecular complexity index is 436. The summed E-state index contributed by atoms with van der Waals surface area (Å²) in [7, 11) is -3.45. The number of H-pyrrole nitrogens is 1. The lowest BCUT2D eigenvalue weighted by Crippen LogP contribution is -2.31. The number of nitrogens with one attached hydrogen (secondary N) is 1. The molecular formula is C9H15N3O2S. The number of sulfonamides is 1. The van der Waals surface area contributed by atoms with Crippen molar-refractivity contribution < 1.29 is 8.42 Å². The van der Waals surface area contributed by atoms with Crippen LogP contribution in [0, 0.1) is 6.92 Å². The summed E-state index contributed by atoms with van der Waals surface area (Å²) >= 11 is 0. The van der Waals surface area contributed by atoms with E-state index < -0.39 is 10.0 Å². The highest BCUT2D eigenvalue weighted by Gasteiger charge is 2.23. The Morgan fingerprint density at radius 2 is 2.33 bits per heavy atom. The fourth-order valence-electron chi connectivity index (χ4n) is 1.21. The third-order valence-electron chi connectivity index (χ3n) is 1.98. The number of hydrogen-bond acceptors (Lipinski definition) is 3. The smallest absolute Gasteiger partial charge is 0.260 e. The summed E-state index contributed by atoms with van der Waals surface area (Å²) in [6, 6.07) is 0. The minimum absolute atomic E-state index is 0.128. The number of likely N-dealkylation sites (N-methyl/N-ethyl adjacent to an activating group) is 1. The van der Waals surface area contributed by atoms with Gasteiger partial charge in [0.25, 0.3) is 10.0 Å². The third-order valence-corrected chi connectivity index (χ3v) is 3.83. The second-order valence-corrected chi connectivity index (χ2v) is 4.98. The maximum atomic E-state index is 12.0. The van der Waals surface area contributed by atoms with Crippen LogP contribution in [0.4, 0.5) is 0 Å². The van der Waals surface area contributed by atoms with Crippen LogP contribution in [-0.2, 0) is 10.0 Å². The van der Waals surface area contributed by atoms with Crippen LogP contribution in [0.25, 0.3) is 0 Å². The molecule has 1 aromatic rings. The van der Waals surface area contributed by atoms with Gasteiger partial charge in [0, 0.05) is 13.1 Å². The van der Waals surface area contributed by atoms with Gasteiger partial charge in [-0.15, -0.1) is 6.58 Å². The fraction of sp³-hybridized carbons (Fsp3) is 0.444. The SMILES string of the molecule is C=CCN(CC)S(=O)(=O)c1cnc(C)[nH]1. The van der Waals surface area contributed by atoms with E-state index >= 15 is 0 Å². The topological polar surface area (TPSA) is 66.1 Å². The monoisotopic (exact) mass is 229 g/mol. The number of imidazole rings is 1. The first-order valence-electron chi connectivity index (χ1n) is 4.65. The van der Waals surface area contributed by atoms with Crippen LogP contribution in [0.5, 0.6) is 0 Å². The lowest BCUT2D eigenvalue weighted by Gasteiger charge is -2.16. The molecule has 1 N–H and O–H groups in total. The number of aryl methyl sites for hydroxylation is 1. The van der Waals surface area contributed by atoms with Crippen molar-refractivity contribution in [1.29, 1.82) is 0 Å². The molecule has 0 bridgehead atoms. The summed E-state index contributed by atoms with van der Waals surface area (Å²) < 4.78 is 25.3. The second-order valence-electron chi connectivity index (χ2n) is 3.08. The zero-order valence-corrected chi connectivity index (χ0v) is 9.71. The number of aromatic nitrogens is 2. The molecule has 0 spiro atoms. The van der Waals surface area contributed by atoms with E-state index in [9.17, 15) is 8.42 Å². The summed E-state index contributed by atoms with van der Waals surface area (Å²) in [6.07, 6.45) is 2.89. The van der Waals surface area contributed by atoms with Gasteiger partial charge in [0.2, 0.25) is 0 Å². The minimum Gasteiger partial charge on any atom is -0.332 e. The van der Waals surface area contributed by atoms with E-state index in [4.69, 9.17) is 0 Å². The van der Waals surface area contributed by atoms with Crippen molar-refractivity contribution in [3.8, 4) is 0 Å². The molecule has 6 heteroatoms. The molecule has 0 fully saturated rings. The van der Waals surface area contributed by atoms with E-state index in [1.54, 1.807) is 19.9 Å². The second kappa shape index (κ2) is 4.59. The van der Waals surface area contributed by atoms with Crippen LogP contribution in [0.15, 0.2) is 23.9 Å². The minimum atomic E-state index is -3.45. The largest absolute Gasteiger partial charge is 0.332 e. The molecule has 0 radical (unpaired) electrons. The average Bonchev–Trinajstić information content (AvgIpc) is 2.61. The van der Waals surface area contributed by atoms with E-state index in [1.807, 2.05) is 0 Å². The highest BCUT2D eigenvalue weighted by molar-refractivity contribution is 7.89. The number of rotatable bonds is 5. The molecule has 0 saturated heterocycles. The number of nitrogens with zero attached hydrogens (tertiary/aromatic N) is 2. The van der Waals surface area contributed by atoms with Gasteiger partial charge < -0.3 is 4.98 Å². The highest BCUT2D eigenvalue weighted by Crippen LogP contribution is 2.12. The van der Waals surface area contributed by atoms with Crippen LogP contribution in [-0.4, -0.2) is 35.8 Å². The van der Waals surface area contributed by atoms with Crippen LogP contribution in [0.1, 0.15) is 12.7 Å². The van der Waals surface area contributed by atoms with Gasteiger partial charge >= 0.3 is 0 Å². The van der Waals surface area contributed by atoms with Crippen molar-refractivity contribution in [3.63, 3.8) is 0 Å². The first-order chi connectivity index (χ1) is 7.02. The summed E-state index contributed by atoms with van der Waals surface area (Å²) in [6.45, 7) is 7.73. The highest BCUT2D eigenvalue weighted by atomic mass is 32.2. The van der Waals surface area contributed by atoms with Crippen molar-refractivity contribution >= 4 is 10.0 Å². The molecule has 0 aliphatic carbocycles. The molecule has 0 aromatic carbocycles. The van der Waals surface area contributed by atoms with Crippen molar-refractivity contribution in [2.75, 3.05) is 13.1 Å². The maximum Gasteiger partial charge on any atom is 0.260 e. The Balaban J connectivity index is 3.05. The summed E-state index contributed by atoms with van der Waals surface area (Å²) in [5.41, 5.74) is 0. The van der Waals surface area contributed by atoms with E-state index in [1.165, 1.54) is 10.5 Å². The van der Waals surface area contributed by atoms with Gasteiger partial charge in [-0.25, -0.2) is 13.4 Å². The lowest BCUT2D eigenvalue weighted by atomic mass is 10.6. The van der Waals surface area contributed by atoms with Gasteiger partial charge in [-0.3, -0.25) is 0 Å². The Hall–Kier alpha value is -1.14. The summed E-state index contributed by atoms with van der Waals surface area (Å²) in [5.74, 6) is 0.586. The molecule has 0 atom stereocenters. The molecule has 15 heavy (non-hydrogen) atoms. The van der Waals surface area contributed by atoms with Gasteiger partial charge in [0.15, 0.2) is 5.03 Å². The quantitative estimate of drug-likeness (QED) is 0.763. The van der Waals surface area contributed by atoms with Crippen molar-refractivity contribution in [2.24, 2.45) is 0 Å². The fourth-order valence-corrected chi connectivity index (χ4v) is 2.59. The first-order valence-corrected chi connectivity index (χ1v) is 6.09. The number of aromatic amines is 1. The van der Waals surface area contributed by atoms with Gasteiger partial charge in [0.05, 0.1) is 6.20 Å². The third kappa shape index (κ3) is 2.45.